The lowest BCUT2D eigenvalue weighted by molar-refractivity contribution is -0.184. The Morgan fingerprint density at radius 1 is 0.778 bits per heavy atom. The Kier molecular flexibility index (Phi) is 8.04. The van der Waals surface area contributed by atoms with Crippen molar-refractivity contribution < 1.29 is 28.1 Å². The highest BCUT2D eigenvalue weighted by molar-refractivity contribution is 7.18. The van der Waals surface area contributed by atoms with Crippen molar-refractivity contribution in [1.82, 2.24) is 18.8 Å². The molecule has 3 saturated carbocycles. The number of aliphatic hydroxyl groups is 2. The summed E-state index contributed by atoms with van der Waals surface area (Å²) in [5.41, 5.74) is 2.03. The van der Waals surface area contributed by atoms with E-state index < -0.39 is 18.2 Å². The zero-order valence-electron chi connectivity index (χ0n) is 25.2. The van der Waals surface area contributed by atoms with Gasteiger partial charge in [0, 0.05) is 9.75 Å². The van der Waals surface area contributed by atoms with Crippen LogP contribution >= 0.6 is 22.7 Å². The normalized spacial score (nSPS) is 29.8. The van der Waals surface area contributed by atoms with Crippen LogP contribution in [0, 0.1) is 17.8 Å². The minimum Gasteiger partial charge on any atom is -0.387 e. The van der Waals surface area contributed by atoms with Gasteiger partial charge >= 0.3 is 6.18 Å². The molecule has 3 aliphatic carbocycles. The van der Waals surface area contributed by atoms with E-state index in [1.807, 2.05) is 28.3 Å². The van der Waals surface area contributed by atoms with Gasteiger partial charge in [-0.1, -0.05) is 0 Å². The summed E-state index contributed by atoms with van der Waals surface area (Å²) in [5.74, 6) is 0.763. The van der Waals surface area contributed by atoms with Gasteiger partial charge in [0.2, 0.25) is 0 Å². The Morgan fingerprint density at radius 3 is 1.80 bits per heavy atom. The number of hydrogen-bond acceptors (Lipinski definition) is 7. The van der Waals surface area contributed by atoms with Crippen molar-refractivity contribution in [2.45, 2.75) is 126 Å². The molecular formula is C33H41F3N4O3S2. The fourth-order valence-corrected chi connectivity index (χ4v) is 10.8. The van der Waals surface area contributed by atoms with E-state index in [0.717, 1.165) is 46.7 Å². The van der Waals surface area contributed by atoms with E-state index >= 15 is 0 Å². The third kappa shape index (κ3) is 6.10. The molecule has 2 N–H and O–H groups in total. The van der Waals surface area contributed by atoms with Gasteiger partial charge in [-0.05, 0) is 107 Å². The molecule has 5 unspecified atom stereocenters. The molecule has 7 nitrogen and oxygen atoms in total. The molecule has 12 heteroatoms. The number of hydrogen-bond donors (Lipinski definition) is 2. The van der Waals surface area contributed by atoms with Crippen molar-refractivity contribution in [3.63, 3.8) is 0 Å². The smallest absolute Gasteiger partial charge is 0.387 e. The topological polar surface area (TPSA) is 84.3 Å². The molecule has 9 rings (SSSR count). The van der Waals surface area contributed by atoms with Crippen molar-refractivity contribution >= 4 is 32.3 Å². The van der Waals surface area contributed by atoms with E-state index in [-0.39, 0.29) is 24.9 Å². The average Bonchev–Trinajstić information content (AvgIpc) is 3.63. The number of thiazole rings is 2. The molecule has 2 bridgehead atoms. The molecule has 45 heavy (non-hydrogen) atoms. The molecule has 5 atom stereocenters. The Morgan fingerprint density at radius 2 is 1.33 bits per heavy atom. The number of halogens is 3. The largest absolute Gasteiger partial charge is 0.391 e. The molecule has 0 amide bonds. The summed E-state index contributed by atoms with van der Waals surface area (Å²) in [5, 5.41) is 21.7. The van der Waals surface area contributed by atoms with Crippen LogP contribution in [0.25, 0.3) is 9.66 Å². The van der Waals surface area contributed by atoms with Crippen LogP contribution in [0.2, 0.25) is 0 Å². The zero-order valence-corrected chi connectivity index (χ0v) is 26.9. The Hall–Kier alpha value is -1.99. The van der Waals surface area contributed by atoms with E-state index in [4.69, 9.17) is 4.74 Å². The monoisotopic (exact) mass is 662 g/mol. The van der Waals surface area contributed by atoms with Gasteiger partial charge in [0.25, 0.3) is 0 Å². The van der Waals surface area contributed by atoms with Gasteiger partial charge < -0.3 is 14.9 Å². The lowest BCUT2D eigenvalue weighted by Crippen LogP contribution is -2.28. The van der Waals surface area contributed by atoms with Gasteiger partial charge in [-0.25, -0.2) is 9.97 Å². The molecule has 5 fully saturated rings. The first-order valence-corrected chi connectivity index (χ1v) is 18.3. The maximum absolute atomic E-state index is 12.8. The molecular weight excluding hydrogens is 622 g/mol. The summed E-state index contributed by atoms with van der Waals surface area (Å²) in [6.07, 6.45) is 14.4. The third-order valence-electron chi connectivity index (χ3n) is 10.8. The van der Waals surface area contributed by atoms with Gasteiger partial charge in [0.1, 0.15) is 22.3 Å². The summed E-state index contributed by atoms with van der Waals surface area (Å²) in [7, 11) is 0. The number of nitrogens with zero attached hydrogens (tertiary/aromatic N) is 4. The van der Waals surface area contributed by atoms with Crippen molar-refractivity contribution in [1.29, 1.82) is 0 Å². The highest BCUT2D eigenvalue weighted by Gasteiger charge is 2.43. The molecule has 4 aromatic rings. The average molecular weight is 663 g/mol. The van der Waals surface area contributed by atoms with Crippen LogP contribution in [-0.4, -0.2) is 47.4 Å². The summed E-state index contributed by atoms with van der Waals surface area (Å²) in [6, 6.07) is 0. The molecule has 0 spiro atoms. The minimum atomic E-state index is -4.07. The third-order valence-corrected chi connectivity index (χ3v) is 13.4. The standard InChI is InChI=1S/C17H21F3N2OS.C16H20N2O2S/c18-17(19,20)12-5-1-10(2-6-12)7-13(23)15-16(11-3-4-11)24-14-8-21-9-22(14)15;19-12(6-10-5-11-3-4-13(10)20-11)15-16(9-1-2-9)21-14-7-17-8-18(14)15/h8-13,23H,1-7H2;7-13,19H,1-6H2. The lowest BCUT2D eigenvalue weighted by atomic mass is 9.79. The van der Waals surface area contributed by atoms with E-state index in [2.05, 4.69) is 14.4 Å². The van der Waals surface area contributed by atoms with E-state index in [0.29, 0.717) is 49.2 Å². The highest BCUT2D eigenvalue weighted by atomic mass is 32.1. The fourth-order valence-electron chi connectivity index (χ4n) is 8.11. The maximum Gasteiger partial charge on any atom is 0.391 e. The SMILES string of the molecule is OC(CC1CC2CCC1O2)c1c(C2CC2)sc2cncn12.OC(CC1CCC(C(F)(F)F)CC1)c1c(C2CC2)sc2cncn12. The number of fused-ring (bicyclic) bond motifs is 4. The van der Waals surface area contributed by atoms with Crippen LogP contribution in [0.3, 0.4) is 0 Å². The second-order valence-electron chi connectivity index (χ2n) is 14.1. The van der Waals surface area contributed by atoms with Gasteiger partial charge in [-0.15, -0.1) is 22.7 Å². The summed E-state index contributed by atoms with van der Waals surface area (Å²) >= 11 is 3.50. The molecule has 0 aromatic carbocycles. The molecule has 4 aromatic heterocycles. The maximum atomic E-state index is 12.8. The van der Waals surface area contributed by atoms with Gasteiger partial charge in [-0.3, -0.25) is 8.80 Å². The van der Waals surface area contributed by atoms with Gasteiger partial charge in [-0.2, -0.15) is 13.2 Å². The predicted molar refractivity (Wildman–Crippen MR) is 167 cm³/mol. The Labute approximate surface area is 268 Å². The van der Waals surface area contributed by atoms with E-state index in [1.165, 1.54) is 35.4 Å². The van der Waals surface area contributed by atoms with Crippen molar-refractivity contribution in [2.24, 2.45) is 17.8 Å². The van der Waals surface area contributed by atoms with Crippen LogP contribution < -0.4 is 0 Å². The number of aliphatic hydroxyl groups excluding tert-OH is 2. The van der Waals surface area contributed by atoms with Crippen molar-refractivity contribution in [3.8, 4) is 0 Å². The first kappa shape index (κ1) is 30.4. The number of aromatic nitrogens is 4. The number of rotatable bonds is 8. The molecule has 2 saturated heterocycles. The van der Waals surface area contributed by atoms with Crippen molar-refractivity contribution in [3.05, 3.63) is 46.2 Å². The number of ether oxygens (including phenoxy) is 1. The highest BCUT2D eigenvalue weighted by Crippen LogP contribution is 2.50. The van der Waals surface area contributed by atoms with Crippen LogP contribution in [0.4, 0.5) is 13.2 Å². The van der Waals surface area contributed by atoms with Crippen LogP contribution in [0.15, 0.2) is 25.0 Å². The summed E-state index contributed by atoms with van der Waals surface area (Å²) in [4.78, 5) is 13.2. The Bertz CT molecular complexity index is 1630. The first-order valence-electron chi connectivity index (χ1n) is 16.7. The number of alkyl halides is 3. The zero-order chi connectivity index (χ0) is 30.9. The number of imidazole rings is 2. The predicted octanol–water partition coefficient (Wildman–Crippen LogP) is 8.33. The Balaban J connectivity index is 0.000000134. The van der Waals surface area contributed by atoms with Crippen LogP contribution in [0.5, 0.6) is 0 Å². The second kappa shape index (κ2) is 11.9. The molecule has 5 aliphatic rings. The van der Waals surface area contributed by atoms with Crippen LogP contribution in [-0.2, 0) is 4.74 Å². The molecule has 6 heterocycles. The fraction of sp³-hybridized carbons (Fsp3) is 0.697. The summed E-state index contributed by atoms with van der Waals surface area (Å²) < 4.78 is 48.4. The van der Waals surface area contributed by atoms with Gasteiger partial charge in [0.15, 0.2) is 0 Å². The summed E-state index contributed by atoms with van der Waals surface area (Å²) in [6.45, 7) is 0. The van der Waals surface area contributed by atoms with Crippen molar-refractivity contribution in [2.75, 3.05) is 0 Å². The second-order valence-corrected chi connectivity index (χ2v) is 16.2. The lowest BCUT2D eigenvalue weighted by Gasteiger charge is -2.31. The van der Waals surface area contributed by atoms with E-state index in [9.17, 15) is 23.4 Å². The van der Waals surface area contributed by atoms with Gasteiger partial charge in [0.05, 0.1) is 54.1 Å². The van der Waals surface area contributed by atoms with E-state index in [1.54, 1.807) is 23.9 Å². The first-order chi connectivity index (χ1) is 21.7. The molecule has 244 valence electrons. The molecule has 0 radical (unpaired) electrons. The molecule has 2 aliphatic heterocycles. The quantitative estimate of drug-likeness (QED) is 0.198. The van der Waals surface area contributed by atoms with Crippen LogP contribution in [0.1, 0.15) is 129 Å². The minimum absolute atomic E-state index is 0.170.